The van der Waals surface area contributed by atoms with Crippen LogP contribution in [0.2, 0.25) is 0 Å². The number of aliphatic hydroxyl groups excluding tert-OH is 1. The van der Waals surface area contributed by atoms with Gasteiger partial charge in [0.2, 0.25) is 59.1 Å². The van der Waals surface area contributed by atoms with Crippen LogP contribution < -0.4 is 76.5 Å². The number of phenols is 2. The van der Waals surface area contributed by atoms with Crippen LogP contribution in [0.3, 0.4) is 0 Å². The summed E-state index contributed by atoms with van der Waals surface area (Å²) in [5.41, 5.74) is 29.1. The lowest BCUT2D eigenvalue weighted by Crippen LogP contribution is -2.62. The van der Waals surface area contributed by atoms with E-state index in [1.165, 1.54) is 48.5 Å². The number of guanidine groups is 1. The molecule has 32 heteroatoms. The number of aromatic hydroxyl groups is 2. The number of phenolic OH excluding ortho intramolecular Hbond substituents is 2. The number of hydrogen-bond donors (Lipinski definition) is 19. The largest absolute Gasteiger partial charge is 0.508 e. The van der Waals surface area contributed by atoms with E-state index in [1.807, 2.05) is 6.92 Å². The fourth-order valence-electron chi connectivity index (χ4n) is 9.17. The molecule has 0 aliphatic heterocycles. The topological polar surface area (TPSA) is 557 Å². The summed E-state index contributed by atoms with van der Waals surface area (Å²) in [5, 5.41) is 72.5. The second kappa shape index (κ2) is 39.8. The van der Waals surface area contributed by atoms with Gasteiger partial charge in [0, 0.05) is 25.8 Å². The lowest BCUT2D eigenvalue weighted by Gasteiger charge is -2.29. The first-order chi connectivity index (χ1) is 43.2. The monoisotopic (exact) mass is 1300 g/mol. The van der Waals surface area contributed by atoms with Gasteiger partial charge in [-0.3, -0.25) is 57.7 Å². The molecule has 0 saturated heterocycles. The average molecular weight is 1300 g/mol. The Balaban J connectivity index is 2.54. The zero-order valence-corrected chi connectivity index (χ0v) is 53.1. The van der Waals surface area contributed by atoms with E-state index >= 15 is 0 Å². The molecule has 92 heavy (non-hydrogen) atoms. The van der Waals surface area contributed by atoms with Crippen LogP contribution in [0.4, 0.5) is 0 Å². The number of carbonyl (C=O) groups excluding carboxylic acids is 10. The minimum Gasteiger partial charge on any atom is -0.508 e. The maximum atomic E-state index is 14.6. The number of amides is 10. The maximum absolute atomic E-state index is 14.6. The minimum absolute atomic E-state index is 0.0137. The van der Waals surface area contributed by atoms with Gasteiger partial charge in [0.05, 0.1) is 18.6 Å². The summed E-state index contributed by atoms with van der Waals surface area (Å²) >= 11 is 0. The Morgan fingerprint density at radius 3 is 1.38 bits per heavy atom. The fraction of sp³-hybridized carbons (Fsp3) is 0.583. The van der Waals surface area contributed by atoms with Crippen molar-refractivity contribution in [2.75, 3.05) is 13.1 Å². The van der Waals surface area contributed by atoms with Crippen molar-refractivity contribution < 1.29 is 83.1 Å². The predicted octanol–water partition coefficient (Wildman–Crippen LogP) is -3.29. The van der Waals surface area contributed by atoms with Crippen molar-refractivity contribution in [1.29, 1.82) is 0 Å². The second-order valence-electron chi connectivity index (χ2n) is 23.3. The first kappa shape index (κ1) is 78.9. The highest BCUT2D eigenvalue weighted by molar-refractivity contribution is 5.99. The fourth-order valence-corrected chi connectivity index (χ4v) is 9.17. The molecule has 512 valence electrons. The molecule has 0 heterocycles. The molecule has 32 nitrogen and oxygen atoms in total. The van der Waals surface area contributed by atoms with Crippen LogP contribution in [0.25, 0.3) is 0 Å². The van der Waals surface area contributed by atoms with E-state index in [9.17, 15) is 83.1 Å². The van der Waals surface area contributed by atoms with Crippen LogP contribution in [0.5, 0.6) is 11.5 Å². The van der Waals surface area contributed by atoms with Gasteiger partial charge in [0.1, 0.15) is 65.9 Å². The molecule has 2 rings (SSSR count). The van der Waals surface area contributed by atoms with Gasteiger partial charge in [-0.05, 0) is 112 Å². The van der Waals surface area contributed by atoms with E-state index in [-0.39, 0.29) is 87.3 Å². The van der Waals surface area contributed by atoms with E-state index in [2.05, 4.69) is 52.8 Å². The molecule has 12 atom stereocenters. The number of rotatable bonds is 42. The highest BCUT2D eigenvalue weighted by Crippen LogP contribution is 2.17. The molecule has 10 amide bonds. The van der Waals surface area contributed by atoms with Crippen molar-refractivity contribution in [2.45, 2.75) is 192 Å². The van der Waals surface area contributed by atoms with Gasteiger partial charge in [-0.2, -0.15) is 0 Å². The Bertz CT molecular complexity index is 2840. The number of carboxylic acids is 2. The summed E-state index contributed by atoms with van der Waals surface area (Å²) in [6.45, 7) is 11.5. The Hall–Kier alpha value is -9.17. The van der Waals surface area contributed by atoms with Gasteiger partial charge in [-0.25, -0.2) is 4.79 Å². The number of hydrogen-bond acceptors (Lipinski definition) is 18. The highest BCUT2D eigenvalue weighted by Gasteiger charge is 2.38. The van der Waals surface area contributed by atoms with Crippen molar-refractivity contribution in [3.63, 3.8) is 0 Å². The van der Waals surface area contributed by atoms with E-state index in [0.29, 0.717) is 24.0 Å². The summed E-state index contributed by atoms with van der Waals surface area (Å²) in [5.74, 6) is -14.7. The molecule has 0 aromatic heterocycles. The van der Waals surface area contributed by atoms with E-state index in [1.54, 1.807) is 34.6 Å². The van der Waals surface area contributed by atoms with Crippen molar-refractivity contribution in [3.05, 3.63) is 59.7 Å². The van der Waals surface area contributed by atoms with Crippen molar-refractivity contribution >= 4 is 77.0 Å². The zero-order valence-electron chi connectivity index (χ0n) is 53.1. The third-order valence-electron chi connectivity index (χ3n) is 14.7. The molecular formula is C60H95N15O17. The number of primary amides is 1. The molecule has 0 fully saturated rings. The lowest BCUT2D eigenvalue weighted by atomic mass is 9.97. The van der Waals surface area contributed by atoms with Crippen LogP contribution in [-0.2, 0) is 70.4 Å². The molecule has 0 saturated carbocycles. The normalized spacial score (nSPS) is 15.1. The summed E-state index contributed by atoms with van der Waals surface area (Å²) in [7, 11) is 0. The number of unbranched alkanes of at least 4 members (excludes halogenated alkanes) is 1. The molecule has 0 spiro atoms. The van der Waals surface area contributed by atoms with E-state index in [0.717, 1.165) is 6.92 Å². The van der Waals surface area contributed by atoms with Crippen LogP contribution in [0.15, 0.2) is 53.5 Å². The van der Waals surface area contributed by atoms with Crippen LogP contribution >= 0.6 is 0 Å². The Morgan fingerprint density at radius 2 is 0.913 bits per heavy atom. The molecule has 2 aromatic carbocycles. The quantitative estimate of drug-likeness (QED) is 0.0176. The minimum atomic E-state index is -2.02. The van der Waals surface area contributed by atoms with Crippen LogP contribution in [0.1, 0.15) is 124 Å². The van der Waals surface area contributed by atoms with E-state index < -0.39 is 163 Å². The highest BCUT2D eigenvalue weighted by atomic mass is 16.4. The average Bonchev–Trinajstić information content (AvgIpc) is 1.28. The molecule has 2 aromatic rings. The second-order valence-corrected chi connectivity index (χ2v) is 23.3. The Morgan fingerprint density at radius 1 is 0.500 bits per heavy atom. The van der Waals surface area contributed by atoms with Crippen molar-refractivity contribution in [3.8, 4) is 11.5 Å². The number of nitrogens with one attached hydrogen (secondary N) is 9. The third kappa shape index (κ3) is 28.8. The van der Waals surface area contributed by atoms with Gasteiger partial charge >= 0.3 is 11.9 Å². The predicted molar refractivity (Wildman–Crippen MR) is 336 cm³/mol. The van der Waals surface area contributed by atoms with Gasteiger partial charge in [0.15, 0.2) is 5.96 Å². The molecular weight excluding hydrogens is 1200 g/mol. The zero-order chi connectivity index (χ0) is 69.5. The van der Waals surface area contributed by atoms with Crippen molar-refractivity contribution in [1.82, 2.24) is 47.9 Å². The smallest absolute Gasteiger partial charge is 0.326 e. The maximum Gasteiger partial charge on any atom is 0.326 e. The molecule has 0 unspecified atom stereocenters. The van der Waals surface area contributed by atoms with E-state index in [4.69, 9.17) is 28.7 Å². The number of carboxylic acid groups (broad SMARTS) is 2. The number of nitrogens with zero attached hydrogens (tertiary/aromatic N) is 1. The molecule has 0 bridgehead atoms. The molecule has 24 N–H and O–H groups in total. The SMILES string of the molecule is CC[C@H](C)[C@H](N)C(=O)N[C@H](C(=O)N[C@@H](CCCN=C(N)N)C(=O)N[C@@H](Cc1ccc(O)cc1)C(=O)N[C@@H](CC(C)C)C(=O)N[C@@H](CCC(=O)O)C(=O)N[C@H](C(=O)N[C@@H](CC(N)=O)C(=O)N[C@@H](CCCCN)C(=O)N[C@@H](Cc1ccc(O)cc1)C(=O)O)[C@@H](C)O)C(C)C. The summed E-state index contributed by atoms with van der Waals surface area (Å²) in [6, 6.07) is -4.36. The van der Waals surface area contributed by atoms with Crippen LogP contribution in [0, 0.1) is 17.8 Å². The van der Waals surface area contributed by atoms with Gasteiger partial charge in [-0.15, -0.1) is 0 Å². The Kier molecular flexibility index (Phi) is 34.2. The van der Waals surface area contributed by atoms with Crippen LogP contribution in [-0.4, -0.2) is 182 Å². The first-order valence-electron chi connectivity index (χ1n) is 30.4. The molecule has 0 aliphatic rings. The molecule has 0 radical (unpaired) electrons. The first-order valence-corrected chi connectivity index (χ1v) is 30.4. The standard InChI is InChI=1S/C60H95N15O17/c1-8-32(6)47(63)56(88)74-48(31(4)5)57(89)69-39(13-11-25-66-60(64)65)50(82)71-42(27-34-14-18-36(77)19-15-34)54(86)70-41(26-30(2)3)53(85)68-40(22-23-46(80)81)52(84)75-49(33(7)76)58(90)72-43(29-45(62)79)55(87)67-38(12-9-10-24-61)51(83)73-44(59(91)92)28-35-16-20-37(78)21-17-35/h14-21,30-33,38-44,47-49,76-78H,8-13,22-29,61,63H2,1-7H3,(H2,62,79)(H,67,87)(H,68,85)(H,69,89)(H,70,86)(H,71,82)(H,72,90)(H,73,83)(H,74,88)(H,75,84)(H,80,81)(H,91,92)(H4,64,65,66)/t32-,33+,38-,39-,40-,41-,42-,43-,44-,47-,48-,49-/m0/s1. The van der Waals surface area contributed by atoms with Gasteiger partial charge < -0.3 is 102 Å². The van der Waals surface area contributed by atoms with Crippen molar-refractivity contribution in [2.24, 2.45) is 51.4 Å². The number of carbonyl (C=O) groups is 12. The lowest BCUT2D eigenvalue weighted by molar-refractivity contribution is -0.142. The Labute approximate surface area is 533 Å². The summed E-state index contributed by atoms with van der Waals surface area (Å²) in [4.78, 5) is 167. The van der Waals surface area contributed by atoms with Gasteiger partial charge in [-0.1, -0.05) is 72.2 Å². The summed E-state index contributed by atoms with van der Waals surface area (Å²) < 4.78 is 0. The molecule has 0 aliphatic carbocycles. The number of benzene rings is 2. The number of aliphatic carboxylic acids is 2. The number of aliphatic hydroxyl groups is 1. The number of nitrogens with two attached hydrogens (primary N) is 5. The third-order valence-corrected chi connectivity index (χ3v) is 14.7. The summed E-state index contributed by atoms with van der Waals surface area (Å²) in [6.07, 6.45) is -3.78. The number of aliphatic imine (C=N–C) groups is 1. The van der Waals surface area contributed by atoms with Gasteiger partial charge in [0.25, 0.3) is 0 Å².